The summed E-state index contributed by atoms with van der Waals surface area (Å²) in [6, 6.07) is 1.26. The first-order valence-corrected chi connectivity index (χ1v) is 4.37. The summed E-state index contributed by atoms with van der Waals surface area (Å²) < 4.78 is 0. The summed E-state index contributed by atoms with van der Waals surface area (Å²) >= 11 is 0. The van der Waals surface area contributed by atoms with Gasteiger partial charge in [-0.3, -0.25) is 0 Å². The number of piperidine rings is 1. The lowest BCUT2D eigenvalue weighted by Crippen LogP contribution is -2.49. The maximum absolute atomic E-state index is 5.98. The van der Waals surface area contributed by atoms with Gasteiger partial charge in [0.1, 0.15) is 0 Å². The molecule has 2 rings (SSSR count). The number of rotatable bonds is 0. The van der Waals surface area contributed by atoms with E-state index in [1.807, 2.05) is 0 Å². The van der Waals surface area contributed by atoms with Crippen molar-refractivity contribution in [3.8, 4) is 0 Å². The Morgan fingerprint density at radius 1 is 1.20 bits per heavy atom. The fourth-order valence-electron chi connectivity index (χ4n) is 2.40. The van der Waals surface area contributed by atoms with Gasteiger partial charge in [-0.25, -0.2) is 0 Å². The highest BCUT2D eigenvalue weighted by molar-refractivity contribution is 4.93. The molecule has 0 aromatic rings. The standard InChI is InChI=1S/C8H16N2/c9-7-4-5-10-8-3-1-2-6(7)8/h6-8,10H,1-5,9H2. The maximum atomic E-state index is 5.98. The van der Waals surface area contributed by atoms with Gasteiger partial charge in [0, 0.05) is 12.1 Å². The Labute approximate surface area is 62.2 Å². The zero-order valence-electron chi connectivity index (χ0n) is 6.34. The normalized spacial score (nSPS) is 47.1. The summed E-state index contributed by atoms with van der Waals surface area (Å²) in [5, 5.41) is 3.53. The molecule has 58 valence electrons. The predicted molar refractivity (Wildman–Crippen MR) is 41.7 cm³/mol. The van der Waals surface area contributed by atoms with Gasteiger partial charge in [0.2, 0.25) is 0 Å². The fraction of sp³-hybridized carbons (Fsp3) is 1.00. The highest BCUT2D eigenvalue weighted by atomic mass is 15.0. The summed E-state index contributed by atoms with van der Waals surface area (Å²) in [6.45, 7) is 1.14. The Morgan fingerprint density at radius 3 is 2.90 bits per heavy atom. The number of hydrogen-bond donors (Lipinski definition) is 2. The third-order valence-corrected chi connectivity index (χ3v) is 3.00. The van der Waals surface area contributed by atoms with Crippen molar-refractivity contribution in [2.45, 2.75) is 37.8 Å². The first kappa shape index (κ1) is 6.62. The molecule has 0 amide bonds. The van der Waals surface area contributed by atoms with Crippen molar-refractivity contribution in [2.75, 3.05) is 6.54 Å². The lowest BCUT2D eigenvalue weighted by Gasteiger charge is -2.32. The molecule has 2 nitrogen and oxygen atoms in total. The highest BCUT2D eigenvalue weighted by Gasteiger charge is 2.34. The van der Waals surface area contributed by atoms with Gasteiger partial charge in [-0.2, -0.15) is 0 Å². The van der Waals surface area contributed by atoms with Crippen LogP contribution in [0.5, 0.6) is 0 Å². The molecular formula is C8H16N2. The second-order valence-electron chi connectivity index (χ2n) is 3.61. The van der Waals surface area contributed by atoms with Gasteiger partial charge in [0.05, 0.1) is 0 Å². The van der Waals surface area contributed by atoms with E-state index in [4.69, 9.17) is 5.73 Å². The van der Waals surface area contributed by atoms with E-state index in [0.29, 0.717) is 6.04 Å². The van der Waals surface area contributed by atoms with Gasteiger partial charge in [0.15, 0.2) is 0 Å². The second kappa shape index (κ2) is 2.51. The Balaban J connectivity index is 2.03. The molecule has 10 heavy (non-hydrogen) atoms. The maximum Gasteiger partial charge on any atom is 0.0110 e. The SMILES string of the molecule is NC1CCNC2CCCC12. The summed E-state index contributed by atoms with van der Waals surface area (Å²) in [5.74, 6) is 0.800. The average Bonchev–Trinajstić information content (AvgIpc) is 2.36. The minimum Gasteiger partial charge on any atom is -0.327 e. The Hall–Kier alpha value is -0.0800. The second-order valence-corrected chi connectivity index (χ2v) is 3.61. The van der Waals surface area contributed by atoms with E-state index in [1.165, 1.54) is 25.7 Å². The van der Waals surface area contributed by atoms with Crippen LogP contribution in [0, 0.1) is 5.92 Å². The molecule has 0 spiro atoms. The van der Waals surface area contributed by atoms with E-state index >= 15 is 0 Å². The molecule has 3 atom stereocenters. The molecule has 2 aliphatic rings. The monoisotopic (exact) mass is 140 g/mol. The molecular weight excluding hydrogens is 124 g/mol. The Morgan fingerprint density at radius 2 is 2.10 bits per heavy atom. The summed E-state index contributed by atoms with van der Waals surface area (Å²) in [6.07, 6.45) is 5.29. The molecule has 1 saturated heterocycles. The third-order valence-electron chi connectivity index (χ3n) is 3.00. The van der Waals surface area contributed by atoms with Crippen LogP contribution in [0.3, 0.4) is 0 Å². The number of nitrogens with two attached hydrogens (primary N) is 1. The van der Waals surface area contributed by atoms with Crippen molar-refractivity contribution in [2.24, 2.45) is 11.7 Å². The summed E-state index contributed by atoms with van der Waals surface area (Å²) in [7, 11) is 0. The van der Waals surface area contributed by atoms with Crippen LogP contribution in [0.1, 0.15) is 25.7 Å². The molecule has 1 saturated carbocycles. The van der Waals surface area contributed by atoms with Gasteiger partial charge in [0.25, 0.3) is 0 Å². The number of nitrogens with one attached hydrogen (secondary N) is 1. The summed E-state index contributed by atoms with van der Waals surface area (Å²) in [4.78, 5) is 0. The van der Waals surface area contributed by atoms with E-state index in [1.54, 1.807) is 0 Å². The van der Waals surface area contributed by atoms with Crippen LogP contribution in [0.4, 0.5) is 0 Å². The Kier molecular flexibility index (Phi) is 1.66. The van der Waals surface area contributed by atoms with Crippen molar-refractivity contribution in [3.05, 3.63) is 0 Å². The first-order valence-electron chi connectivity index (χ1n) is 4.37. The molecule has 1 aliphatic carbocycles. The van der Waals surface area contributed by atoms with E-state index in [9.17, 15) is 0 Å². The van der Waals surface area contributed by atoms with E-state index in [2.05, 4.69) is 5.32 Å². The van der Waals surface area contributed by atoms with E-state index < -0.39 is 0 Å². The van der Waals surface area contributed by atoms with Gasteiger partial charge in [-0.15, -0.1) is 0 Å². The topological polar surface area (TPSA) is 38.0 Å². The van der Waals surface area contributed by atoms with Crippen molar-refractivity contribution in [1.82, 2.24) is 5.32 Å². The minimum atomic E-state index is 0.494. The lowest BCUT2D eigenvalue weighted by atomic mass is 9.89. The molecule has 1 heterocycles. The Bertz CT molecular complexity index is 124. The third kappa shape index (κ3) is 0.956. The molecule has 2 heteroatoms. The predicted octanol–water partition coefficient (Wildman–Crippen LogP) is 0.476. The van der Waals surface area contributed by atoms with Crippen LogP contribution in [0.15, 0.2) is 0 Å². The van der Waals surface area contributed by atoms with Gasteiger partial charge >= 0.3 is 0 Å². The molecule has 2 fully saturated rings. The molecule has 0 aromatic carbocycles. The van der Waals surface area contributed by atoms with Crippen molar-refractivity contribution < 1.29 is 0 Å². The number of hydrogen-bond acceptors (Lipinski definition) is 2. The quantitative estimate of drug-likeness (QED) is 0.513. The zero-order valence-corrected chi connectivity index (χ0v) is 6.34. The van der Waals surface area contributed by atoms with Crippen LogP contribution in [0.2, 0.25) is 0 Å². The van der Waals surface area contributed by atoms with E-state index in [0.717, 1.165) is 18.5 Å². The fourth-order valence-corrected chi connectivity index (χ4v) is 2.40. The minimum absolute atomic E-state index is 0.494. The van der Waals surface area contributed by atoms with Crippen LogP contribution < -0.4 is 11.1 Å². The molecule has 0 aromatic heterocycles. The van der Waals surface area contributed by atoms with Gasteiger partial charge < -0.3 is 11.1 Å². The van der Waals surface area contributed by atoms with Crippen LogP contribution in [0.25, 0.3) is 0 Å². The summed E-state index contributed by atoms with van der Waals surface area (Å²) in [5.41, 5.74) is 5.98. The first-order chi connectivity index (χ1) is 4.88. The van der Waals surface area contributed by atoms with Gasteiger partial charge in [-0.05, 0) is 31.7 Å². The number of fused-ring (bicyclic) bond motifs is 1. The molecule has 1 aliphatic heterocycles. The van der Waals surface area contributed by atoms with Crippen molar-refractivity contribution >= 4 is 0 Å². The van der Waals surface area contributed by atoms with Crippen LogP contribution >= 0.6 is 0 Å². The van der Waals surface area contributed by atoms with Crippen LogP contribution in [-0.4, -0.2) is 18.6 Å². The molecule has 3 unspecified atom stereocenters. The molecule has 0 radical (unpaired) electrons. The molecule has 0 bridgehead atoms. The lowest BCUT2D eigenvalue weighted by molar-refractivity contribution is 0.277. The highest BCUT2D eigenvalue weighted by Crippen LogP contribution is 2.30. The average molecular weight is 140 g/mol. The smallest absolute Gasteiger partial charge is 0.0110 e. The van der Waals surface area contributed by atoms with Gasteiger partial charge in [-0.1, -0.05) is 6.42 Å². The largest absolute Gasteiger partial charge is 0.327 e. The van der Waals surface area contributed by atoms with Crippen molar-refractivity contribution in [1.29, 1.82) is 0 Å². The van der Waals surface area contributed by atoms with Crippen LogP contribution in [-0.2, 0) is 0 Å². The zero-order chi connectivity index (χ0) is 6.97. The van der Waals surface area contributed by atoms with Crippen molar-refractivity contribution in [3.63, 3.8) is 0 Å². The van der Waals surface area contributed by atoms with E-state index in [-0.39, 0.29) is 0 Å². The molecule has 3 N–H and O–H groups in total.